The van der Waals surface area contributed by atoms with Gasteiger partial charge in [-0.15, -0.1) is 0 Å². The largest absolute Gasteiger partial charge is 0.398 e. The van der Waals surface area contributed by atoms with Crippen LogP contribution in [0.15, 0.2) is 57.9 Å². The van der Waals surface area contributed by atoms with Gasteiger partial charge in [0.05, 0.1) is 4.90 Å². The first-order valence-electron chi connectivity index (χ1n) is 6.02. The van der Waals surface area contributed by atoms with Crippen molar-refractivity contribution in [3.8, 4) is 0 Å². The average Bonchev–Trinajstić information content (AvgIpc) is 2.42. The summed E-state index contributed by atoms with van der Waals surface area (Å²) in [6, 6.07) is 13.6. The van der Waals surface area contributed by atoms with E-state index in [1.807, 2.05) is 30.3 Å². The molecule has 0 radical (unpaired) electrons. The Balaban J connectivity index is 2.25. The lowest BCUT2D eigenvalue weighted by Crippen LogP contribution is -2.26. The predicted octanol–water partition coefficient (Wildman–Crippen LogP) is 3.07. The van der Waals surface area contributed by atoms with Crippen LogP contribution in [-0.4, -0.2) is 8.42 Å². The molecular weight excluding hydrogens is 340 g/mol. The molecule has 4 nitrogen and oxygen atoms in total. The van der Waals surface area contributed by atoms with Crippen molar-refractivity contribution in [2.24, 2.45) is 0 Å². The summed E-state index contributed by atoms with van der Waals surface area (Å²) >= 11 is 3.23. The summed E-state index contributed by atoms with van der Waals surface area (Å²) in [6.07, 6.45) is 0. The third-order valence-corrected chi connectivity index (χ3v) is 5.14. The smallest absolute Gasteiger partial charge is 0.241 e. The molecule has 106 valence electrons. The summed E-state index contributed by atoms with van der Waals surface area (Å²) in [5.74, 6) is 0. The Labute approximate surface area is 127 Å². The van der Waals surface area contributed by atoms with Gasteiger partial charge in [0.1, 0.15) is 0 Å². The number of nitrogens with two attached hydrogens (primary N) is 1. The van der Waals surface area contributed by atoms with Gasteiger partial charge in [0.2, 0.25) is 10.0 Å². The molecule has 2 aromatic rings. The molecule has 2 rings (SSSR count). The molecule has 0 amide bonds. The minimum Gasteiger partial charge on any atom is -0.398 e. The first kappa shape index (κ1) is 15.0. The molecule has 1 atom stereocenters. The van der Waals surface area contributed by atoms with E-state index in [-0.39, 0.29) is 10.9 Å². The summed E-state index contributed by atoms with van der Waals surface area (Å²) in [5, 5.41) is 0. The Bertz CT molecular complexity index is 702. The van der Waals surface area contributed by atoms with Gasteiger partial charge in [-0.2, -0.15) is 0 Å². The molecule has 0 aliphatic heterocycles. The van der Waals surface area contributed by atoms with Gasteiger partial charge in [-0.1, -0.05) is 30.3 Å². The summed E-state index contributed by atoms with van der Waals surface area (Å²) < 4.78 is 27.8. The molecule has 0 aromatic heterocycles. The van der Waals surface area contributed by atoms with E-state index in [9.17, 15) is 8.42 Å². The molecule has 20 heavy (non-hydrogen) atoms. The van der Waals surface area contributed by atoms with Gasteiger partial charge in [-0.3, -0.25) is 0 Å². The first-order valence-corrected chi connectivity index (χ1v) is 8.30. The monoisotopic (exact) mass is 354 g/mol. The van der Waals surface area contributed by atoms with Gasteiger partial charge in [0.15, 0.2) is 0 Å². The van der Waals surface area contributed by atoms with E-state index in [2.05, 4.69) is 20.7 Å². The molecule has 0 spiro atoms. The second kappa shape index (κ2) is 5.95. The maximum Gasteiger partial charge on any atom is 0.241 e. The van der Waals surface area contributed by atoms with E-state index in [0.717, 1.165) is 5.56 Å². The zero-order chi connectivity index (χ0) is 14.8. The molecule has 0 aliphatic rings. The maximum atomic E-state index is 12.3. The lowest BCUT2D eigenvalue weighted by molar-refractivity contribution is 0.567. The third kappa shape index (κ3) is 3.39. The fraction of sp³-hybridized carbons (Fsp3) is 0.143. The van der Waals surface area contributed by atoms with Crippen LogP contribution < -0.4 is 10.5 Å². The van der Waals surface area contributed by atoms with E-state index < -0.39 is 10.0 Å². The van der Waals surface area contributed by atoms with Gasteiger partial charge in [0, 0.05) is 16.2 Å². The summed E-state index contributed by atoms with van der Waals surface area (Å²) in [7, 11) is -3.58. The highest BCUT2D eigenvalue weighted by molar-refractivity contribution is 9.10. The summed E-state index contributed by atoms with van der Waals surface area (Å²) in [5.41, 5.74) is 7.07. The highest BCUT2D eigenvalue weighted by atomic mass is 79.9. The van der Waals surface area contributed by atoms with Gasteiger partial charge in [-0.25, -0.2) is 13.1 Å². The normalized spacial score (nSPS) is 13.1. The second-order valence-electron chi connectivity index (χ2n) is 4.44. The fourth-order valence-corrected chi connectivity index (χ4v) is 3.57. The zero-order valence-electron chi connectivity index (χ0n) is 10.9. The number of rotatable bonds is 4. The van der Waals surface area contributed by atoms with Crippen LogP contribution in [-0.2, 0) is 10.0 Å². The number of sulfonamides is 1. The van der Waals surface area contributed by atoms with E-state index in [0.29, 0.717) is 10.2 Å². The maximum absolute atomic E-state index is 12.3. The van der Waals surface area contributed by atoms with Crippen molar-refractivity contribution < 1.29 is 8.42 Å². The van der Waals surface area contributed by atoms with E-state index in [4.69, 9.17) is 5.73 Å². The van der Waals surface area contributed by atoms with Gasteiger partial charge >= 0.3 is 0 Å². The Morgan fingerprint density at radius 2 is 1.80 bits per heavy atom. The summed E-state index contributed by atoms with van der Waals surface area (Å²) in [6.45, 7) is 1.80. The number of hydrogen-bond donors (Lipinski definition) is 2. The van der Waals surface area contributed by atoms with Crippen LogP contribution in [0.4, 0.5) is 5.69 Å². The number of halogens is 1. The van der Waals surface area contributed by atoms with E-state index in [1.54, 1.807) is 13.0 Å². The molecule has 0 aliphatic carbocycles. The molecule has 2 aromatic carbocycles. The standard InChI is InChI=1S/C14H15BrN2O2S/c1-10(11-5-3-2-4-6-11)17-20(18,19)12-7-8-14(16)13(15)9-12/h2-10,17H,16H2,1H3/t10-/m1/s1. The Morgan fingerprint density at radius 3 is 2.40 bits per heavy atom. The van der Waals surface area contributed by atoms with E-state index in [1.165, 1.54) is 12.1 Å². The fourth-order valence-electron chi connectivity index (χ4n) is 1.79. The molecule has 3 N–H and O–H groups in total. The number of nitrogen functional groups attached to an aromatic ring is 1. The van der Waals surface area contributed by atoms with Crippen LogP contribution in [0.2, 0.25) is 0 Å². The van der Waals surface area contributed by atoms with Crippen LogP contribution in [0.1, 0.15) is 18.5 Å². The molecule has 0 heterocycles. The highest BCUT2D eigenvalue weighted by Crippen LogP contribution is 2.24. The Hall–Kier alpha value is -1.37. The second-order valence-corrected chi connectivity index (χ2v) is 7.01. The number of anilines is 1. The van der Waals surface area contributed by atoms with Crippen LogP contribution in [0, 0.1) is 0 Å². The quantitative estimate of drug-likeness (QED) is 0.828. The van der Waals surface area contributed by atoms with Crippen LogP contribution in [0.5, 0.6) is 0 Å². The number of hydrogen-bond acceptors (Lipinski definition) is 3. The highest BCUT2D eigenvalue weighted by Gasteiger charge is 2.18. The number of nitrogens with one attached hydrogen (secondary N) is 1. The van der Waals surface area contributed by atoms with E-state index >= 15 is 0 Å². The Morgan fingerprint density at radius 1 is 1.15 bits per heavy atom. The molecule has 0 unspecified atom stereocenters. The van der Waals surface area contributed by atoms with Gasteiger partial charge < -0.3 is 5.73 Å². The third-order valence-electron chi connectivity index (χ3n) is 2.91. The molecule has 0 saturated carbocycles. The average molecular weight is 355 g/mol. The lowest BCUT2D eigenvalue weighted by Gasteiger charge is -2.15. The van der Waals surface area contributed by atoms with Crippen molar-refractivity contribution in [3.63, 3.8) is 0 Å². The Kier molecular flexibility index (Phi) is 4.47. The molecule has 0 bridgehead atoms. The molecule has 0 fully saturated rings. The number of benzene rings is 2. The molecule has 6 heteroatoms. The van der Waals surface area contributed by atoms with Crippen LogP contribution in [0.25, 0.3) is 0 Å². The minimum atomic E-state index is -3.58. The first-order chi connectivity index (χ1) is 9.40. The predicted molar refractivity (Wildman–Crippen MR) is 83.7 cm³/mol. The molecule has 0 saturated heterocycles. The van der Waals surface area contributed by atoms with Crippen molar-refractivity contribution in [3.05, 3.63) is 58.6 Å². The topological polar surface area (TPSA) is 72.2 Å². The zero-order valence-corrected chi connectivity index (χ0v) is 13.3. The van der Waals surface area contributed by atoms with Crippen molar-refractivity contribution in [1.29, 1.82) is 0 Å². The van der Waals surface area contributed by atoms with Crippen molar-refractivity contribution in [2.45, 2.75) is 17.9 Å². The minimum absolute atomic E-state index is 0.182. The van der Waals surface area contributed by atoms with Crippen molar-refractivity contribution in [2.75, 3.05) is 5.73 Å². The van der Waals surface area contributed by atoms with Crippen molar-refractivity contribution in [1.82, 2.24) is 4.72 Å². The lowest BCUT2D eigenvalue weighted by atomic mass is 10.1. The molecular formula is C14H15BrN2O2S. The van der Waals surface area contributed by atoms with Crippen LogP contribution >= 0.6 is 15.9 Å². The summed E-state index contributed by atoms with van der Waals surface area (Å²) in [4.78, 5) is 0.182. The SMILES string of the molecule is C[C@@H](NS(=O)(=O)c1ccc(N)c(Br)c1)c1ccccc1. The van der Waals surface area contributed by atoms with Crippen LogP contribution in [0.3, 0.4) is 0 Å². The van der Waals surface area contributed by atoms with Crippen molar-refractivity contribution >= 4 is 31.6 Å². The van der Waals surface area contributed by atoms with Gasteiger partial charge in [-0.05, 0) is 46.6 Å². The van der Waals surface area contributed by atoms with Gasteiger partial charge in [0.25, 0.3) is 0 Å².